The summed E-state index contributed by atoms with van der Waals surface area (Å²) < 4.78 is 134. The number of nitrogens with two attached hydrogens (primary N) is 1. The van der Waals surface area contributed by atoms with Crippen molar-refractivity contribution in [1.29, 1.82) is 0 Å². The number of alkyl halides is 6. The fraction of sp³-hybridized carbons (Fsp3) is 0.182. The van der Waals surface area contributed by atoms with Crippen LogP contribution < -0.4 is 10.0 Å². The lowest BCUT2D eigenvalue weighted by atomic mass is 9.90. The second kappa shape index (κ2) is 8.79. The lowest BCUT2D eigenvalue weighted by molar-refractivity contribution is -0.142. The minimum atomic E-state index is -5.22. The predicted octanol–water partition coefficient (Wildman–Crippen LogP) is 6.05. The van der Waals surface area contributed by atoms with Crippen molar-refractivity contribution in [3.8, 4) is 22.3 Å². The Kier molecular flexibility index (Phi) is 6.63. The summed E-state index contributed by atoms with van der Waals surface area (Å²) in [6, 6.07) is 6.14. The molecule has 2 N–H and O–H groups in total. The van der Waals surface area contributed by atoms with E-state index in [0.717, 1.165) is 38.4 Å². The third kappa shape index (κ3) is 5.40. The molecule has 0 aliphatic rings. The first-order valence-corrected chi connectivity index (χ1v) is 11.1. The molecular weight excluding hydrogens is 508 g/mol. The standard InChI is InChI=1S/C22H16F8N2O2S/c1-32(2)20-16(21(25,26)27)7-12(8-17(20)22(28,29)30)15-10-19(24)18(23)9-14(15)11-3-5-13(6-4-11)35(31,33)34/h3-10H,1-2H3,(H2,31,33,34). The van der Waals surface area contributed by atoms with Crippen LogP contribution in [0, 0.1) is 11.6 Å². The molecule has 0 atom stereocenters. The van der Waals surface area contributed by atoms with Gasteiger partial charge < -0.3 is 4.90 Å². The fourth-order valence-electron chi connectivity index (χ4n) is 3.55. The Hall–Kier alpha value is -3.19. The molecule has 0 saturated heterocycles. The van der Waals surface area contributed by atoms with Gasteiger partial charge in [-0.15, -0.1) is 0 Å². The van der Waals surface area contributed by atoms with Crippen LogP contribution in [0.4, 0.5) is 40.8 Å². The third-order valence-corrected chi connectivity index (χ3v) is 5.96. The largest absolute Gasteiger partial charge is 0.418 e. The summed E-state index contributed by atoms with van der Waals surface area (Å²) in [5.74, 6) is -2.93. The third-order valence-electron chi connectivity index (χ3n) is 5.03. The van der Waals surface area contributed by atoms with E-state index in [1.54, 1.807) is 0 Å². The maximum Gasteiger partial charge on any atom is 0.418 e. The molecule has 0 aromatic heterocycles. The van der Waals surface area contributed by atoms with E-state index in [1.165, 1.54) is 0 Å². The number of primary sulfonamides is 1. The van der Waals surface area contributed by atoms with E-state index < -0.39 is 62.0 Å². The molecule has 0 amide bonds. The maximum atomic E-state index is 14.1. The first-order chi connectivity index (χ1) is 15.9. The highest BCUT2D eigenvalue weighted by Gasteiger charge is 2.42. The van der Waals surface area contributed by atoms with Crippen molar-refractivity contribution in [3.63, 3.8) is 0 Å². The summed E-state index contributed by atoms with van der Waals surface area (Å²) in [6.45, 7) is 0. The molecule has 3 aromatic rings. The number of hydrogen-bond donors (Lipinski definition) is 1. The van der Waals surface area contributed by atoms with Crippen LogP contribution in [0.25, 0.3) is 22.3 Å². The highest BCUT2D eigenvalue weighted by Crippen LogP contribution is 2.47. The number of sulfonamides is 1. The zero-order chi connectivity index (χ0) is 26.5. The quantitative estimate of drug-likeness (QED) is 0.423. The van der Waals surface area contributed by atoms with Gasteiger partial charge in [0.05, 0.1) is 21.7 Å². The predicted molar refractivity (Wildman–Crippen MR) is 113 cm³/mol. The summed E-state index contributed by atoms with van der Waals surface area (Å²) in [5, 5.41) is 5.01. The molecule has 35 heavy (non-hydrogen) atoms. The first-order valence-electron chi connectivity index (χ1n) is 9.53. The number of halogens is 8. The number of rotatable bonds is 4. The molecule has 0 radical (unpaired) electrons. The molecule has 0 aliphatic heterocycles. The van der Waals surface area contributed by atoms with E-state index in [1.807, 2.05) is 0 Å². The molecule has 0 saturated carbocycles. The van der Waals surface area contributed by atoms with E-state index >= 15 is 0 Å². The summed E-state index contributed by atoms with van der Waals surface area (Å²) in [6.07, 6.45) is -10.4. The molecule has 188 valence electrons. The zero-order valence-corrected chi connectivity index (χ0v) is 18.7. The molecule has 3 rings (SSSR count). The Morgan fingerprint density at radius 1 is 0.714 bits per heavy atom. The highest BCUT2D eigenvalue weighted by molar-refractivity contribution is 7.89. The number of anilines is 1. The smallest absolute Gasteiger partial charge is 0.377 e. The van der Waals surface area contributed by atoms with E-state index in [2.05, 4.69) is 0 Å². The zero-order valence-electron chi connectivity index (χ0n) is 17.9. The number of nitrogens with zero attached hydrogens (tertiary/aromatic N) is 1. The minimum Gasteiger partial charge on any atom is -0.377 e. The number of benzene rings is 3. The van der Waals surface area contributed by atoms with Gasteiger partial charge in [-0.05, 0) is 58.7 Å². The van der Waals surface area contributed by atoms with Crippen molar-refractivity contribution in [2.45, 2.75) is 17.2 Å². The normalized spacial score (nSPS) is 12.7. The van der Waals surface area contributed by atoms with Crippen LogP contribution in [0.15, 0.2) is 53.4 Å². The van der Waals surface area contributed by atoms with Crippen molar-refractivity contribution in [3.05, 3.63) is 71.3 Å². The Bertz CT molecular complexity index is 1350. The molecule has 3 aromatic carbocycles. The minimum absolute atomic E-state index is 0.00916. The lowest BCUT2D eigenvalue weighted by Gasteiger charge is -2.25. The molecule has 4 nitrogen and oxygen atoms in total. The molecule has 0 fully saturated rings. The Labute approximate surface area is 194 Å². The maximum absolute atomic E-state index is 14.1. The summed E-state index contributed by atoms with van der Waals surface area (Å²) in [4.78, 5) is 0.313. The summed E-state index contributed by atoms with van der Waals surface area (Å²) in [5.41, 5.74) is -5.85. The Morgan fingerprint density at radius 2 is 1.11 bits per heavy atom. The van der Waals surface area contributed by atoms with Gasteiger partial charge in [0, 0.05) is 14.1 Å². The molecule has 0 bridgehead atoms. The van der Waals surface area contributed by atoms with Gasteiger partial charge in [0.15, 0.2) is 11.6 Å². The van der Waals surface area contributed by atoms with E-state index in [0.29, 0.717) is 29.2 Å². The van der Waals surface area contributed by atoms with Gasteiger partial charge in [0.2, 0.25) is 10.0 Å². The van der Waals surface area contributed by atoms with E-state index in [-0.39, 0.29) is 16.0 Å². The van der Waals surface area contributed by atoms with Crippen LogP contribution in [-0.4, -0.2) is 22.5 Å². The monoisotopic (exact) mass is 524 g/mol. The van der Waals surface area contributed by atoms with E-state index in [9.17, 15) is 43.5 Å². The van der Waals surface area contributed by atoms with Crippen molar-refractivity contribution in [2.75, 3.05) is 19.0 Å². The first kappa shape index (κ1) is 26.4. The van der Waals surface area contributed by atoms with Gasteiger partial charge in [-0.1, -0.05) is 12.1 Å². The average molecular weight is 524 g/mol. The molecule has 0 heterocycles. The topological polar surface area (TPSA) is 63.4 Å². The van der Waals surface area contributed by atoms with Gasteiger partial charge in [-0.2, -0.15) is 26.3 Å². The van der Waals surface area contributed by atoms with Gasteiger partial charge in [-0.25, -0.2) is 22.3 Å². The van der Waals surface area contributed by atoms with E-state index in [4.69, 9.17) is 5.14 Å². The summed E-state index contributed by atoms with van der Waals surface area (Å²) >= 11 is 0. The van der Waals surface area contributed by atoms with Crippen LogP contribution in [-0.2, 0) is 22.4 Å². The Balaban J connectivity index is 2.40. The van der Waals surface area contributed by atoms with Crippen molar-refractivity contribution >= 4 is 15.7 Å². The van der Waals surface area contributed by atoms with Gasteiger partial charge in [-0.3, -0.25) is 0 Å². The second-order valence-corrected chi connectivity index (χ2v) is 9.25. The van der Waals surface area contributed by atoms with Crippen molar-refractivity contribution < 1.29 is 43.5 Å². The van der Waals surface area contributed by atoms with Gasteiger partial charge >= 0.3 is 12.4 Å². The SMILES string of the molecule is CN(C)c1c(C(F)(F)F)cc(-c2cc(F)c(F)cc2-c2ccc(S(N)(=O)=O)cc2)cc1C(F)(F)F. The van der Waals surface area contributed by atoms with Crippen LogP contribution >= 0.6 is 0 Å². The summed E-state index contributed by atoms with van der Waals surface area (Å²) in [7, 11) is -2.11. The molecular formula is C22H16F8N2O2S. The molecule has 13 heteroatoms. The van der Waals surface area contributed by atoms with Gasteiger partial charge in [0.25, 0.3) is 0 Å². The number of hydrogen-bond acceptors (Lipinski definition) is 3. The van der Waals surface area contributed by atoms with Crippen molar-refractivity contribution in [1.82, 2.24) is 0 Å². The van der Waals surface area contributed by atoms with Crippen LogP contribution in [0.1, 0.15) is 11.1 Å². The van der Waals surface area contributed by atoms with Crippen molar-refractivity contribution in [2.24, 2.45) is 5.14 Å². The Morgan fingerprint density at radius 3 is 1.46 bits per heavy atom. The second-order valence-electron chi connectivity index (χ2n) is 7.69. The van der Waals surface area contributed by atoms with Gasteiger partial charge in [0.1, 0.15) is 0 Å². The molecule has 0 unspecified atom stereocenters. The molecule has 0 spiro atoms. The fourth-order valence-corrected chi connectivity index (χ4v) is 4.07. The van der Waals surface area contributed by atoms with Crippen LogP contribution in [0.3, 0.4) is 0 Å². The molecule has 0 aliphatic carbocycles. The average Bonchev–Trinajstić information content (AvgIpc) is 2.72. The highest BCUT2D eigenvalue weighted by atomic mass is 32.2. The lowest BCUT2D eigenvalue weighted by Crippen LogP contribution is -2.22. The van der Waals surface area contributed by atoms with Crippen LogP contribution in [0.2, 0.25) is 0 Å². The van der Waals surface area contributed by atoms with Crippen LogP contribution in [0.5, 0.6) is 0 Å².